The molecule has 7 heteroatoms. The van der Waals surface area contributed by atoms with E-state index in [-0.39, 0.29) is 11.5 Å². The Morgan fingerprint density at radius 3 is 2.70 bits per heavy atom. The van der Waals surface area contributed by atoms with E-state index in [2.05, 4.69) is 11.9 Å². The standard InChI is InChI=1S/C16H23N3O2S2/c1-11-9-12-14(23-11)15(21)18(2)16(17-12)22-10-13(20)19-7-5-3-4-6-8-19/h11H,3-10H2,1-2H3/t11-/m1/s1. The second-order valence-corrected chi connectivity index (χ2v) is 8.64. The van der Waals surface area contributed by atoms with Crippen molar-refractivity contribution in [1.82, 2.24) is 14.5 Å². The van der Waals surface area contributed by atoms with Crippen LogP contribution in [0.1, 0.15) is 38.3 Å². The Balaban J connectivity index is 1.69. The molecule has 0 bridgehead atoms. The highest BCUT2D eigenvalue weighted by Crippen LogP contribution is 2.33. The van der Waals surface area contributed by atoms with Crippen molar-refractivity contribution in [2.45, 2.75) is 54.3 Å². The minimum absolute atomic E-state index is 0.0223. The van der Waals surface area contributed by atoms with Crippen LogP contribution >= 0.6 is 23.5 Å². The number of hydrogen-bond donors (Lipinski definition) is 0. The lowest BCUT2D eigenvalue weighted by atomic mass is 10.2. The van der Waals surface area contributed by atoms with Crippen molar-refractivity contribution in [3.63, 3.8) is 0 Å². The molecule has 23 heavy (non-hydrogen) atoms. The van der Waals surface area contributed by atoms with Gasteiger partial charge in [0.2, 0.25) is 5.91 Å². The van der Waals surface area contributed by atoms with Crippen molar-refractivity contribution < 1.29 is 4.79 Å². The van der Waals surface area contributed by atoms with E-state index in [1.165, 1.54) is 24.6 Å². The Kier molecular flexibility index (Phi) is 5.36. The van der Waals surface area contributed by atoms with Crippen molar-refractivity contribution in [2.75, 3.05) is 18.8 Å². The fourth-order valence-corrected chi connectivity index (χ4v) is 5.08. The first kappa shape index (κ1) is 16.9. The molecule has 126 valence electrons. The van der Waals surface area contributed by atoms with E-state index in [0.717, 1.165) is 42.9 Å². The molecule has 0 saturated carbocycles. The number of carbonyl (C=O) groups excluding carboxylic acids is 1. The molecular weight excluding hydrogens is 330 g/mol. The van der Waals surface area contributed by atoms with Crippen molar-refractivity contribution >= 4 is 29.4 Å². The van der Waals surface area contributed by atoms with Gasteiger partial charge >= 0.3 is 0 Å². The number of rotatable bonds is 3. The maximum absolute atomic E-state index is 12.4. The van der Waals surface area contributed by atoms with Crippen molar-refractivity contribution in [1.29, 1.82) is 0 Å². The number of nitrogens with zero attached hydrogens (tertiary/aromatic N) is 3. The summed E-state index contributed by atoms with van der Waals surface area (Å²) in [6, 6.07) is 0. The minimum Gasteiger partial charge on any atom is -0.342 e. The zero-order valence-corrected chi connectivity index (χ0v) is 15.3. The van der Waals surface area contributed by atoms with Gasteiger partial charge in [-0.05, 0) is 12.8 Å². The van der Waals surface area contributed by atoms with Crippen LogP contribution in [0.5, 0.6) is 0 Å². The molecule has 1 amide bonds. The van der Waals surface area contributed by atoms with Crippen molar-refractivity contribution in [2.24, 2.45) is 7.05 Å². The summed E-state index contributed by atoms with van der Waals surface area (Å²) in [5.41, 5.74) is 0.921. The predicted octanol–water partition coefficient (Wildman–Crippen LogP) is 2.31. The monoisotopic (exact) mass is 353 g/mol. The molecule has 0 aliphatic carbocycles. The molecule has 1 atom stereocenters. The molecule has 1 aromatic rings. The summed E-state index contributed by atoms with van der Waals surface area (Å²) < 4.78 is 1.59. The summed E-state index contributed by atoms with van der Waals surface area (Å²) >= 11 is 3.00. The summed E-state index contributed by atoms with van der Waals surface area (Å²) in [6.07, 6.45) is 5.47. The van der Waals surface area contributed by atoms with E-state index in [9.17, 15) is 9.59 Å². The lowest BCUT2D eigenvalue weighted by molar-refractivity contribution is -0.128. The van der Waals surface area contributed by atoms with Gasteiger partial charge in [0.05, 0.1) is 16.3 Å². The van der Waals surface area contributed by atoms with Gasteiger partial charge in [-0.25, -0.2) is 4.98 Å². The minimum atomic E-state index is 0.0223. The van der Waals surface area contributed by atoms with E-state index < -0.39 is 0 Å². The van der Waals surface area contributed by atoms with Gasteiger partial charge in [-0.1, -0.05) is 31.5 Å². The first-order valence-corrected chi connectivity index (χ1v) is 10.1. The second kappa shape index (κ2) is 7.30. The molecule has 1 saturated heterocycles. The lowest BCUT2D eigenvalue weighted by Gasteiger charge is -2.20. The molecule has 3 rings (SSSR count). The largest absolute Gasteiger partial charge is 0.342 e. The smallest absolute Gasteiger partial charge is 0.267 e. The molecule has 0 radical (unpaired) electrons. The van der Waals surface area contributed by atoms with Crippen molar-refractivity contribution in [3.05, 3.63) is 16.0 Å². The topological polar surface area (TPSA) is 55.2 Å². The normalized spacial score (nSPS) is 21.1. The molecule has 1 aromatic heterocycles. The van der Waals surface area contributed by atoms with E-state index in [1.807, 2.05) is 4.90 Å². The predicted molar refractivity (Wildman–Crippen MR) is 94.3 cm³/mol. The second-order valence-electron chi connectivity index (χ2n) is 6.25. The van der Waals surface area contributed by atoms with E-state index in [4.69, 9.17) is 0 Å². The molecule has 0 N–H and O–H groups in total. The molecule has 0 spiro atoms. The van der Waals surface area contributed by atoms with E-state index in [1.54, 1.807) is 23.4 Å². The van der Waals surface area contributed by atoms with Gasteiger partial charge in [0.25, 0.3) is 5.56 Å². The number of fused-ring (bicyclic) bond motifs is 1. The molecule has 3 heterocycles. The van der Waals surface area contributed by atoms with Gasteiger partial charge < -0.3 is 4.90 Å². The van der Waals surface area contributed by atoms with Gasteiger partial charge in [0.1, 0.15) is 0 Å². The zero-order valence-electron chi connectivity index (χ0n) is 13.7. The van der Waals surface area contributed by atoms with Crippen LogP contribution in [-0.2, 0) is 18.3 Å². The van der Waals surface area contributed by atoms with Gasteiger partial charge in [-0.2, -0.15) is 0 Å². The van der Waals surface area contributed by atoms with Gasteiger partial charge in [0, 0.05) is 31.8 Å². The molecule has 1 fully saturated rings. The first-order valence-electron chi connectivity index (χ1n) is 8.23. The van der Waals surface area contributed by atoms with Gasteiger partial charge in [-0.15, -0.1) is 11.8 Å². The van der Waals surface area contributed by atoms with Gasteiger partial charge in [0.15, 0.2) is 5.16 Å². The van der Waals surface area contributed by atoms with Gasteiger partial charge in [-0.3, -0.25) is 14.2 Å². The molecule has 2 aliphatic rings. The highest BCUT2D eigenvalue weighted by Gasteiger charge is 2.26. The highest BCUT2D eigenvalue weighted by atomic mass is 32.2. The average molecular weight is 354 g/mol. The lowest BCUT2D eigenvalue weighted by Crippen LogP contribution is -2.33. The fourth-order valence-electron chi connectivity index (χ4n) is 3.04. The summed E-state index contributed by atoms with van der Waals surface area (Å²) in [4.78, 5) is 32.2. The molecule has 0 aromatic carbocycles. The molecule has 0 unspecified atom stereocenters. The highest BCUT2D eigenvalue weighted by molar-refractivity contribution is 8.00. The quantitative estimate of drug-likeness (QED) is 0.616. The van der Waals surface area contributed by atoms with Crippen LogP contribution in [0.3, 0.4) is 0 Å². The van der Waals surface area contributed by atoms with Crippen LogP contribution in [-0.4, -0.2) is 44.5 Å². The Hall–Kier alpha value is -0.950. The summed E-state index contributed by atoms with van der Waals surface area (Å²) in [5.74, 6) is 0.524. The Morgan fingerprint density at radius 2 is 2.00 bits per heavy atom. The van der Waals surface area contributed by atoms with E-state index in [0.29, 0.717) is 16.2 Å². The fraction of sp³-hybridized carbons (Fsp3) is 0.688. The number of amides is 1. The van der Waals surface area contributed by atoms with Crippen LogP contribution in [0.15, 0.2) is 14.8 Å². The number of likely N-dealkylation sites (tertiary alicyclic amines) is 1. The third-order valence-corrected chi connectivity index (χ3v) is 6.59. The maximum atomic E-state index is 12.4. The Morgan fingerprint density at radius 1 is 1.30 bits per heavy atom. The third kappa shape index (κ3) is 3.76. The number of carbonyl (C=O) groups is 1. The number of hydrogen-bond acceptors (Lipinski definition) is 5. The van der Waals surface area contributed by atoms with Crippen LogP contribution in [0.2, 0.25) is 0 Å². The zero-order chi connectivity index (χ0) is 16.4. The van der Waals surface area contributed by atoms with Crippen LogP contribution in [0, 0.1) is 0 Å². The Bertz CT molecular complexity index is 651. The number of aromatic nitrogens is 2. The molecular formula is C16H23N3O2S2. The van der Waals surface area contributed by atoms with Crippen molar-refractivity contribution in [3.8, 4) is 0 Å². The maximum Gasteiger partial charge on any atom is 0.267 e. The summed E-state index contributed by atoms with van der Waals surface area (Å²) in [5, 5.41) is 1.07. The molecule has 5 nitrogen and oxygen atoms in total. The molecule has 2 aliphatic heterocycles. The first-order chi connectivity index (χ1) is 11.1. The summed E-state index contributed by atoms with van der Waals surface area (Å²) in [7, 11) is 1.75. The SMILES string of the molecule is C[C@@H]1Cc2nc(SCC(=O)N3CCCCCC3)n(C)c(=O)c2S1. The average Bonchev–Trinajstić information content (AvgIpc) is 2.75. The van der Waals surface area contributed by atoms with Crippen LogP contribution in [0.4, 0.5) is 0 Å². The van der Waals surface area contributed by atoms with Crippen LogP contribution in [0.25, 0.3) is 0 Å². The van der Waals surface area contributed by atoms with Crippen LogP contribution < -0.4 is 5.56 Å². The van der Waals surface area contributed by atoms with E-state index >= 15 is 0 Å². The Labute approximate surface area is 145 Å². The third-order valence-electron chi connectivity index (χ3n) is 4.36. The number of thioether (sulfide) groups is 2. The summed E-state index contributed by atoms with van der Waals surface area (Å²) in [6.45, 7) is 3.84.